The highest BCUT2D eigenvalue weighted by atomic mass is 19.1. The molecule has 0 saturated heterocycles. The minimum Gasteiger partial charge on any atom is -0.334 e. The summed E-state index contributed by atoms with van der Waals surface area (Å²) >= 11 is 0. The summed E-state index contributed by atoms with van der Waals surface area (Å²) < 4.78 is 14.7. The summed E-state index contributed by atoms with van der Waals surface area (Å²) in [4.78, 5) is 12.0. The molecule has 1 aliphatic rings. The number of fused-ring (bicyclic) bond motifs is 1. The molecule has 2 N–H and O–H groups in total. The van der Waals surface area contributed by atoms with Gasteiger partial charge in [0.15, 0.2) is 0 Å². The number of hydrogen-bond donors (Lipinski definition) is 2. The Bertz CT molecular complexity index is 665. The number of rotatable bonds is 3. The van der Waals surface area contributed by atoms with Crippen LogP contribution in [0.3, 0.4) is 0 Å². The summed E-state index contributed by atoms with van der Waals surface area (Å²) in [5.74, 6) is -0.278. The van der Waals surface area contributed by atoms with Crippen molar-refractivity contribution < 1.29 is 9.18 Å². The number of nitrogens with zero attached hydrogens (tertiary/aromatic N) is 2. The zero-order chi connectivity index (χ0) is 15.5. The Hall–Kier alpha value is -2.37. The average molecular weight is 302 g/mol. The van der Waals surface area contributed by atoms with Crippen molar-refractivity contribution in [1.29, 1.82) is 0 Å². The third kappa shape index (κ3) is 3.10. The first-order valence-corrected chi connectivity index (χ1v) is 7.43. The molecule has 0 fully saturated rings. The van der Waals surface area contributed by atoms with Crippen molar-refractivity contribution in [2.75, 3.05) is 0 Å². The van der Waals surface area contributed by atoms with Crippen LogP contribution in [0, 0.1) is 5.82 Å². The number of carbonyl (C=O) groups excluding carboxylic acids is 1. The summed E-state index contributed by atoms with van der Waals surface area (Å²) in [6, 6.07) is 5.89. The molecule has 0 saturated carbocycles. The Balaban J connectivity index is 1.57. The Labute approximate surface area is 128 Å². The van der Waals surface area contributed by atoms with Gasteiger partial charge in [-0.05, 0) is 37.0 Å². The largest absolute Gasteiger partial charge is 0.334 e. The van der Waals surface area contributed by atoms with E-state index in [0.717, 1.165) is 30.4 Å². The van der Waals surface area contributed by atoms with Crippen molar-refractivity contribution in [2.45, 2.75) is 31.8 Å². The molecule has 0 aliphatic heterocycles. The van der Waals surface area contributed by atoms with Crippen LogP contribution >= 0.6 is 0 Å². The van der Waals surface area contributed by atoms with Gasteiger partial charge in [0.25, 0.3) is 0 Å². The first kappa shape index (κ1) is 14.6. The van der Waals surface area contributed by atoms with Crippen molar-refractivity contribution in [3.05, 3.63) is 53.1 Å². The quantitative estimate of drug-likeness (QED) is 0.915. The van der Waals surface area contributed by atoms with E-state index in [2.05, 4.69) is 15.7 Å². The maximum atomic E-state index is 12.8. The minimum atomic E-state index is -0.278. The van der Waals surface area contributed by atoms with E-state index in [1.54, 1.807) is 12.1 Å². The second-order valence-corrected chi connectivity index (χ2v) is 5.57. The number of urea groups is 1. The van der Waals surface area contributed by atoms with Gasteiger partial charge in [-0.15, -0.1) is 0 Å². The predicted molar refractivity (Wildman–Crippen MR) is 80.7 cm³/mol. The Morgan fingerprint density at radius 1 is 1.41 bits per heavy atom. The number of hydrogen-bond acceptors (Lipinski definition) is 2. The van der Waals surface area contributed by atoms with E-state index in [-0.39, 0.29) is 17.9 Å². The van der Waals surface area contributed by atoms with Gasteiger partial charge in [-0.25, -0.2) is 9.18 Å². The Kier molecular flexibility index (Phi) is 4.09. The summed E-state index contributed by atoms with van der Waals surface area (Å²) in [6.07, 6.45) is 4.79. The lowest BCUT2D eigenvalue weighted by molar-refractivity contribution is 0.235. The van der Waals surface area contributed by atoms with Crippen LogP contribution in [-0.4, -0.2) is 15.8 Å². The van der Waals surface area contributed by atoms with E-state index in [9.17, 15) is 9.18 Å². The van der Waals surface area contributed by atoms with Gasteiger partial charge in [0, 0.05) is 24.8 Å². The Morgan fingerprint density at radius 3 is 2.95 bits per heavy atom. The fourth-order valence-corrected chi connectivity index (χ4v) is 2.85. The van der Waals surface area contributed by atoms with Gasteiger partial charge < -0.3 is 10.6 Å². The molecule has 2 aromatic rings. The number of benzene rings is 1. The molecule has 1 heterocycles. The maximum Gasteiger partial charge on any atom is 0.315 e. The molecule has 2 amide bonds. The minimum absolute atomic E-state index is 0.00525. The highest BCUT2D eigenvalue weighted by Gasteiger charge is 2.24. The molecule has 116 valence electrons. The van der Waals surface area contributed by atoms with E-state index < -0.39 is 0 Å². The molecule has 0 spiro atoms. The van der Waals surface area contributed by atoms with Gasteiger partial charge in [-0.2, -0.15) is 5.10 Å². The number of nitrogens with one attached hydrogen (secondary N) is 2. The fraction of sp³-hybridized carbons (Fsp3) is 0.375. The lowest BCUT2D eigenvalue weighted by Crippen LogP contribution is -2.38. The molecule has 0 radical (unpaired) electrons. The van der Waals surface area contributed by atoms with Crippen molar-refractivity contribution in [3.63, 3.8) is 0 Å². The highest BCUT2D eigenvalue weighted by molar-refractivity contribution is 5.74. The lowest BCUT2D eigenvalue weighted by atomic mass is 9.93. The van der Waals surface area contributed by atoms with E-state index in [0.29, 0.717) is 6.54 Å². The molecule has 1 aromatic heterocycles. The second kappa shape index (κ2) is 6.17. The molecular weight excluding hydrogens is 283 g/mol. The maximum absolute atomic E-state index is 12.8. The number of carbonyl (C=O) groups is 1. The molecule has 6 heteroatoms. The molecule has 1 atom stereocenters. The number of aryl methyl sites for hydroxylation is 1. The third-order valence-corrected chi connectivity index (χ3v) is 4.05. The normalized spacial score (nSPS) is 16.9. The molecule has 1 aliphatic carbocycles. The molecule has 1 aromatic carbocycles. The van der Waals surface area contributed by atoms with Crippen LogP contribution in [0.5, 0.6) is 0 Å². The van der Waals surface area contributed by atoms with E-state index >= 15 is 0 Å². The van der Waals surface area contributed by atoms with Gasteiger partial charge >= 0.3 is 6.03 Å². The van der Waals surface area contributed by atoms with E-state index in [1.165, 1.54) is 17.8 Å². The molecule has 22 heavy (non-hydrogen) atoms. The first-order valence-electron chi connectivity index (χ1n) is 7.43. The van der Waals surface area contributed by atoms with Crippen molar-refractivity contribution in [3.8, 4) is 0 Å². The zero-order valence-corrected chi connectivity index (χ0v) is 12.5. The summed E-state index contributed by atoms with van der Waals surface area (Å²) in [5.41, 5.74) is 3.16. The molecule has 0 bridgehead atoms. The SMILES string of the molecule is Cn1ncc2c1CCC[C@H]2NC(=O)NCc1ccc(F)cc1. The van der Waals surface area contributed by atoms with Crippen LogP contribution in [0.25, 0.3) is 0 Å². The fourth-order valence-electron chi connectivity index (χ4n) is 2.85. The molecular formula is C16H19FN4O. The van der Waals surface area contributed by atoms with Crippen molar-refractivity contribution in [2.24, 2.45) is 7.05 Å². The smallest absolute Gasteiger partial charge is 0.315 e. The van der Waals surface area contributed by atoms with E-state index in [4.69, 9.17) is 0 Å². The summed E-state index contributed by atoms with van der Waals surface area (Å²) in [5, 5.41) is 10.1. The standard InChI is InChI=1S/C16H19FN4O/c1-21-15-4-2-3-14(13(15)10-19-21)20-16(22)18-9-11-5-7-12(17)8-6-11/h5-8,10,14H,2-4,9H2,1H3,(H2,18,20,22)/t14-/m1/s1. The monoisotopic (exact) mass is 302 g/mol. The summed E-state index contributed by atoms with van der Waals surface area (Å²) in [6.45, 7) is 0.374. The van der Waals surface area contributed by atoms with Gasteiger partial charge in [0.2, 0.25) is 0 Å². The molecule has 0 unspecified atom stereocenters. The topological polar surface area (TPSA) is 59.0 Å². The van der Waals surface area contributed by atoms with Crippen LogP contribution in [0.15, 0.2) is 30.5 Å². The van der Waals surface area contributed by atoms with Crippen LogP contribution in [0.1, 0.15) is 35.7 Å². The van der Waals surface area contributed by atoms with Gasteiger partial charge in [-0.1, -0.05) is 12.1 Å². The van der Waals surface area contributed by atoms with Gasteiger partial charge in [0.1, 0.15) is 5.82 Å². The van der Waals surface area contributed by atoms with Crippen molar-refractivity contribution in [1.82, 2.24) is 20.4 Å². The van der Waals surface area contributed by atoms with Gasteiger partial charge in [-0.3, -0.25) is 4.68 Å². The van der Waals surface area contributed by atoms with E-state index in [1.807, 2.05) is 17.9 Å². The number of halogens is 1. The van der Waals surface area contributed by atoms with Gasteiger partial charge in [0.05, 0.1) is 12.2 Å². The number of amides is 2. The van der Waals surface area contributed by atoms with Crippen LogP contribution in [0.2, 0.25) is 0 Å². The number of aromatic nitrogens is 2. The van der Waals surface area contributed by atoms with Crippen LogP contribution in [-0.2, 0) is 20.0 Å². The lowest BCUT2D eigenvalue weighted by Gasteiger charge is -2.24. The van der Waals surface area contributed by atoms with Crippen molar-refractivity contribution >= 4 is 6.03 Å². The third-order valence-electron chi connectivity index (χ3n) is 4.05. The predicted octanol–water partition coefficient (Wildman–Crippen LogP) is 2.44. The highest BCUT2D eigenvalue weighted by Crippen LogP contribution is 2.28. The zero-order valence-electron chi connectivity index (χ0n) is 12.5. The first-order chi connectivity index (χ1) is 10.6. The Morgan fingerprint density at radius 2 is 2.18 bits per heavy atom. The summed E-state index contributed by atoms with van der Waals surface area (Å²) in [7, 11) is 1.93. The average Bonchev–Trinajstić information content (AvgIpc) is 2.90. The second-order valence-electron chi connectivity index (χ2n) is 5.57. The molecule has 5 nitrogen and oxygen atoms in total. The van der Waals surface area contributed by atoms with Crippen LogP contribution in [0.4, 0.5) is 9.18 Å². The molecule has 3 rings (SSSR count). The van der Waals surface area contributed by atoms with Crippen LogP contribution < -0.4 is 10.6 Å².